The van der Waals surface area contributed by atoms with Crippen molar-refractivity contribution < 1.29 is 4.79 Å². The van der Waals surface area contributed by atoms with Crippen LogP contribution in [0.4, 0.5) is 0 Å². The van der Waals surface area contributed by atoms with E-state index in [1.54, 1.807) is 28.8 Å². The summed E-state index contributed by atoms with van der Waals surface area (Å²) in [5, 5.41) is 0. The van der Waals surface area contributed by atoms with Crippen LogP contribution in [0.5, 0.6) is 0 Å². The summed E-state index contributed by atoms with van der Waals surface area (Å²) in [6.07, 6.45) is 2.59. The molecule has 4 nitrogen and oxygen atoms in total. The van der Waals surface area contributed by atoms with E-state index in [0.29, 0.717) is 11.5 Å². The molecule has 0 radical (unpaired) electrons. The number of thiocarbonyl (C=S) groups is 1. The van der Waals surface area contributed by atoms with E-state index in [1.807, 2.05) is 6.92 Å². The van der Waals surface area contributed by atoms with Gasteiger partial charge >= 0.3 is 0 Å². The van der Waals surface area contributed by atoms with E-state index in [0.717, 1.165) is 29.8 Å². The molecule has 1 saturated carbocycles. The van der Waals surface area contributed by atoms with Crippen LogP contribution in [0.2, 0.25) is 0 Å². The molecule has 0 unspecified atom stereocenters. The topological polar surface area (TPSA) is 59.2 Å². The number of carbonyl (C=O) groups is 1. The normalized spacial score (nSPS) is 17.0. The van der Waals surface area contributed by atoms with Gasteiger partial charge in [0, 0.05) is 11.9 Å². The summed E-state index contributed by atoms with van der Waals surface area (Å²) >= 11 is 6.64. The Balaban J connectivity index is 2.09. The number of carbonyl (C=O) groups excluding carboxylic acids is 1. The molecular formula is C12H17N3OS2. The van der Waals surface area contributed by atoms with E-state index >= 15 is 0 Å². The van der Waals surface area contributed by atoms with Crippen LogP contribution >= 0.6 is 23.6 Å². The lowest BCUT2D eigenvalue weighted by atomic mass is 9.67. The molecule has 2 N–H and O–H groups in total. The van der Waals surface area contributed by atoms with Crippen LogP contribution < -0.4 is 5.73 Å². The minimum Gasteiger partial charge on any atom is -0.392 e. The molecule has 0 bridgehead atoms. The fraction of sp³-hybridized carbons (Fsp3) is 0.583. The largest absolute Gasteiger partial charge is 0.392 e. The van der Waals surface area contributed by atoms with Gasteiger partial charge in [0.2, 0.25) is 5.91 Å². The number of thiazole rings is 1. The SMILES string of the molecule is Cc1ncsc1CN(C)C(=O)C1(C(N)=S)CCC1. The zero-order valence-electron chi connectivity index (χ0n) is 10.6. The Hall–Kier alpha value is -1.01. The van der Waals surface area contributed by atoms with Crippen LogP contribution in [0.15, 0.2) is 5.51 Å². The van der Waals surface area contributed by atoms with Gasteiger partial charge < -0.3 is 10.6 Å². The van der Waals surface area contributed by atoms with Gasteiger partial charge in [-0.25, -0.2) is 4.98 Å². The number of rotatable bonds is 4. The van der Waals surface area contributed by atoms with Crippen LogP contribution in [-0.2, 0) is 11.3 Å². The Labute approximate surface area is 116 Å². The maximum absolute atomic E-state index is 12.5. The van der Waals surface area contributed by atoms with Gasteiger partial charge in [0.05, 0.1) is 28.2 Å². The van der Waals surface area contributed by atoms with Crippen molar-refractivity contribution in [1.82, 2.24) is 9.88 Å². The molecule has 1 aromatic heterocycles. The monoisotopic (exact) mass is 283 g/mol. The molecule has 1 amide bonds. The van der Waals surface area contributed by atoms with Crippen molar-refractivity contribution in [3.05, 3.63) is 16.1 Å². The maximum atomic E-state index is 12.5. The Morgan fingerprint density at radius 2 is 2.33 bits per heavy atom. The molecule has 2 rings (SSSR count). The molecule has 0 aliphatic heterocycles. The summed E-state index contributed by atoms with van der Waals surface area (Å²) in [6.45, 7) is 2.54. The molecule has 1 heterocycles. The lowest BCUT2D eigenvalue weighted by Crippen LogP contribution is -2.53. The van der Waals surface area contributed by atoms with Crippen molar-refractivity contribution >= 4 is 34.5 Å². The highest BCUT2D eigenvalue weighted by atomic mass is 32.1. The van der Waals surface area contributed by atoms with Gasteiger partial charge in [0.25, 0.3) is 0 Å². The summed E-state index contributed by atoms with van der Waals surface area (Å²) in [4.78, 5) is 19.8. The molecule has 0 saturated heterocycles. The third-order valence-corrected chi connectivity index (χ3v) is 4.97. The standard InChI is InChI=1S/C12H17N3OS2/c1-8-9(18-7-14-8)6-15(2)11(16)12(10(13)17)4-3-5-12/h7H,3-6H2,1-2H3,(H2,13,17). The van der Waals surface area contributed by atoms with Crippen LogP contribution in [0, 0.1) is 12.3 Å². The van der Waals surface area contributed by atoms with Gasteiger partial charge in [-0.3, -0.25) is 4.79 Å². The smallest absolute Gasteiger partial charge is 0.235 e. The van der Waals surface area contributed by atoms with Crippen LogP contribution in [-0.4, -0.2) is 27.8 Å². The molecule has 0 spiro atoms. The predicted molar refractivity (Wildman–Crippen MR) is 76.4 cm³/mol. The summed E-state index contributed by atoms with van der Waals surface area (Å²) in [7, 11) is 1.81. The molecule has 1 aliphatic rings. The molecule has 0 atom stereocenters. The average molecular weight is 283 g/mol. The Kier molecular flexibility index (Phi) is 3.68. The zero-order valence-corrected chi connectivity index (χ0v) is 12.2. The van der Waals surface area contributed by atoms with Gasteiger partial charge in [0.1, 0.15) is 0 Å². The highest BCUT2D eigenvalue weighted by Crippen LogP contribution is 2.43. The van der Waals surface area contributed by atoms with Crippen molar-refractivity contribution in [2.45, 2.75) is 32.7 Å². The fourth-order valence-corrected chi connectivity index (χ4v) is 3.35. The van der Waals surface area contributed by atoms with E-state index in [4.69, 9.17) is 18.0 Å². The van der Waals surface area contributed by atoms with E-state index in [2.05, 4.69) is 4.98 Å². The molecule has 0 aromatic carbocycles. The number of hydrogen-bond donors (Lipinski definition) is 1. The quantitative estimate of drug-likeness (QED) is 0.857. The number of aromatic nitrogens is 1. The minimum absolute atomic E-state index is 0.0500. The summed E-state index contributed by atoms with van der Waals surface area (Å²) < 4.78 is 0. The molecular weight excluding hydrogens is 266 g/mol. The second-order valence-corrected chi connectivity index (χ2v) is 6.20. The summed E-state index contributed by atoms with van der Waals surface area (Å²) in [5.41, 5.74) is 7.95. The summed E-state index contributed by atoms with van der Waals surface area (Å²) in [6, 6.07) is 0. The lowest BCUT2D eigenvalue weighted by Gasteiger charge is -2.41. The molecule has 18 heavy (non-hydrogen) atoms. The third-order valence-electron chi connectivity index (χ3n) is 3.66. The van der Waals surface area contributed by atoms with E-state index in [9.17, 15) is 4.79 Å². The maximum Gasteiger partial charge on any atom is 0.235 e. The molecule has 1 aliphatic carbocycles. The molecule has 1 fully saturated rings. The van der Waals surface area contributed by atoms with Gasteiger partial charge in [0.15, 0.2) is 0 Å². The Morgan fingerprint density at radius 1 is 1.67 bits per heavy atom. The highest BCUT2D eigenvalue weighted by molar-refractivity contribution is 7.80. The number of nitrogens with two attached hydrogens (primary N) is 1. The number of aryl methyl sites for hydroxylation is 1. The van der Waals surface area contributed by atoms with Gasteiger partial charge in [-0.15, -0.1) is 11.3 Å². The van der Waals surface area contributed by atoms with Gasteiger partial charge in [-0.1, -0.05) is 18.6 Å². The van der Waals surface area contributed by atoms with Crippen LogP contribution in [0.1, 0.15) is 29.8 Å². The lowest BCUT2D eigenvalue weighted by molar-refractivity contribution is -0.141. The highest BCUT2D eigenvalue weighted by Gasteiger charge is 2.48. The first-order chi connectivity index (χ1) is 8.47. The van der Waals surface area contributed by atoms with Crippen LogP contribution in [0.25, 0.3) is 0 Å². The van der Waals surface area contributed by atoms with E-state index in [1.165, 1.54) is 0 Å². The third kappa shape index (κ3) is 2.14. The molecule has 98 valence electrons. The molecule has 6 heteroatoms. The zero-order chi connectivity index (χ0) is 13.3. The fourth-order valence-electron chi connectivity index (χ4n) is 2.23. The number of amides is 1. The van der Waals surface area contributed by atoms with E-state index < -0.39 is 5.41 Å². The summed E-state index contributed by atoms with van der Waals surface area (Å²) in [5.74, 6) is 0.0500. The molecule has 1 aromatic rings. The second-order valence-electron chi connectivity index (χ2n) is 4.82. The van der Waals surface area contributed by atoms with Gasteiger partial charge in [-0.2, -0.15) is 0 Å². The van der Waals surface area contributed by atoms with Crippen molar-refractivity contribution in [1.29, 1.82) is 0 Å². The van der Waals surface area contributed by atoms with Crippen molar-refractivity contribution in [2.24, 2.45) is 11.1 Å². The Morgan fingerprint density at radius 3 is 2.72 bits per heavy atom. The van der Waals surface area contributed by atoms with E-state index in [-0.39, 0.29) is 5.91 Å². The first kappa shape index (κ1) is 13.4. The van der Waals surface area contributed by atoms with Crippen LogP contribution in [0.3, 0.4) is 0 Å². The minimum atomic E-state index is -0.581. The predicted octanol–water partition coefficient (Wildman–Crippen LogP) is 1.87. The first-order valence-electron chi connectivity index (χ1n) is 5.92. The first-order valence-corrected chi connectivity index (χ1v) is 7.20. The van der Waals surface area contributed by atoms with Crippen molar-refractivity contribution in [3.8, 4) is 0 Å². The van der Waals surface area contributed by atoms with Crippen molar-refractivity contribution in [3.63, 3.8) is 0 Å². The average Bonchev–Trinajstić information content (AvgIpc) is 2.62. The number of nitrogens with zero attached hydrogens (tertiary/aromatic N) is 2. The second kappa shape index (κ2) is 4.93. The number of hydrogen-bond acceptors (Lipinski definition) is 4. The Bertz CT molecular complexity index is 479. The van der Waals surface area contributed by atoms with Gasteiger partial charge in [-0.05, 0) is 19.8 Å². The van der Waals surface area contributed by atoms with Crippen molar-refractivity contribution in [2.75, 3.05) is 7.05 Å².